The summed E-state index contributed by atoms with van der Waals surface area (Å²) in [5, 5.41) is 8.81. The van der Waals surface area contributed by atoms with Crippen LogP contribution in [0.4, 0.5) is 5.00 Å². The Morgan fingerprint density at radius 2 is 1.93 bits per heavy atom. The average Bonchev–Trinajstić information content (AvgIpc) is 3.26. The summed E-state index contributed by atoms with van der Waals surface area (Å²) in [7, 11) is 0. The van der Waals surface area contributed by atoms with Gasteiger partial charge in [-0.25, -0.2) is 9.48 Å². The highest BCUT2D eigenvalue weighted by atomic mass is 35.5. The van der Waals surface area contributed by atoms with Crippen LogP contribution in [0.25, 0.3) is 5.69 Å². The number of benzene rings is 1. The molecule has 3 aromatic rings. The van der Waals surface area contributed by atoms with Gasteiger partial charge in [-0.2, -0.15) is 5.10 Å². The van der Waals surface area contributed by atoms with E-state index < -0.39 is 23.9 Å². The lowest BCUT2D eigenvalue weighted by molar-refractivity contribution is -0.123. The third-order valence-corrected chi connectivity index (χ3v) is 5.21. The summed E-state index contributed by atoms with van der Waals surface area (Å²) in [6, 6.07) is 10.6. The first kappa shape index (κ1) is 20.6. The molecule has 1 unspecified atom stereocenters. The van der Waals surface area contributed by atoms with Crippen LogP contribution in [0.15, 0.2) is 41.8 Å². The molecule has 3 rings (SSSR count). The maximum Gasteiger partial charge on any atom is 0.344 e. The van der Waals surface area contributed by atoms with E-state index in [1.807, 2.05) is 18.2 Å². The van der Waals surface area contributed by atoms with Crippen molar-refractivity contribution in [3.63, 3.8) is 0 Å². The van der Waals surface area contributed by atoms with E-state index in [1.165, 1.54) is 17.7 Å². The van der Waals surface area contributed by atoms with Crippen molar-refractivity contribution in [3.05, 3.63) is 63.8 Å². The van der Waals surface area contributed by atoms with Crippen LogP contribution < -0.4 is 11.1 Å². The minimum atomic E-state index is -1.14. The molecule has 1 atom stereocenters. The fraction of sp³-hybridized carbons (Fsp3) is 0.158. The number of aromatic nitrogens is 2. The van der Waals surface area contributed by atoms with Gasteiger partial charge < -0.3 is 15.8 Å². The third kappa shape index (κ3) is 4.30. The van der Waals surface area contributed by atoms with Gasteiger partial charge in [-0.15, -0.1) is 11.3 Å². The SMILES string of the molecule is Cc1nn(-c2ccccc2)c(Cl)c1C(=O)OC(C)C(=O)Nc1sccc1C(N)=O. The molecule has 29 heavy (non-hydrogen) atoms. The summed E-state index contributed by atoms with van der Waals surface area (Å²) < 4.78 is 6.68. The standard InChI is InChI=1S/C19H17ClN4O4S/c1-10-14(15(20)24(23-10)12-6-4-3-5-7-12)19(27)28-11(2)17(26)22-18-13(16(21)25)8-9-29-18/h3-9,11H,1-2H3,(H2,21,25)(H,22,26). The summed E-state index contributed by atoms with van der Waals surface area (Å²) in [6.45, 7) is 3.03. The number of para-hydroxylation sites is 1. The van der Waals surface area contributed by atoms with E-state index in [9.17, 15) is 14.4 Å². The van der Waals surface area contributed by atoms with E-state index in [1.54, 1.807) is 24.4 Å². The van der Waals surface area contributed by atoms with Gasteiger partial charge in [-0.3, -0.25) is 9.59 Å². The number of amides is 2. The number of anilines is 1. The molecule has 1 aromatic carbocycles. The maximum absolute atomic E-state index is 12.6. The van der Waals surface area contributed by atoms with Gasteiger partial charge in [0.25, 0.3) is 11.8 Å². The number of hydrogen-bond donors (Lipinski definition) is 2. The van der Waals surface area contributed by atoms with Crippen molar-refractivity contribution in [2.24, 2.45) is 5.73 Å². The molecule has 0 spiro atoms. The van der Waals surface area contributed by atoms with Crippen LogP contribution >= 0.6 is 22.9 Å². The quantitative estimate of drug-likeness (QED) is 0.580. The number of rotatable bonds is 6. The van der Waals surface area contributed by atoms with Crippen molar-refractivity contribution in [3.8, 4) is 5.69 Å². The van der Waals surface area contributed by atoms with Crippen LogP contribution in [0.1, 0.15) is 33.3 Å². The number of halogens is 1. The summed E-state index contributed by atoms with van der Waals surface area (Å²) in [5.74, 6) is -2.05. The smallest absolute Gasteiger partial charge is 0.344 e. The van der Waals surface area contributed by atoms with Crippen molar-refractivity contribution in [2.45, 2.75) is 20.0 Å². The Morgan fingerprint density at radius 3 is 2.59 bits per heavy atom. The number of carbonyl (C=O) groups is 3. The monoisotopic (exact) mass is 432 g/mol. The Kier molecular flexibility index (Phi) is 6.00. The second-order valence-corrected chi connectivity index (χ2v) is 7.34. The second-order valence-electron chi connectivity index (χ2n) is 6.06. The molecule has 0 saturated heterocycles. The number of nitrogens with one attached hydrogen (secondary N) is 1. The summed E-state index contributed by atoms with van der Waals surface area (Å²) >= 11 is 7.48. The summed E-state index contributed by atoms with van der Waals surface area (Å²) in [5.41, 5.74) is 6.57. The topological polar surface area (TPSA) is 116 Å². The van der Waals surface area contributed by atoms with E-state index in [2.05, 4.69) is 10.4 Å². The Hall–Kier alpha value is -3.17. The molecule has 0 saturated carbocycles. The van der Waals surface area contributed by atoms with Crippen molar-refractivity contribution in [1.82, 2.24) is 9.78 Å². The van der Waals surface area contributed by atoms with E-state index in [0.29, 0.717) is 11.4 Å². The lowest BCUT2D eigenvalue weighted by Crippen LogP contribution is -2.30. The normalized spacial score (nSPS) is 11.7. The van der Waals surface area contributed by atoms with Gasteiger partial charge in [0, 0.05) is 0 Å². The van der Waals surface area contributed by atoms with Crippen LogP contribution in [0.3, 0.4) is 0 Å². The van der Waals surface area contributed by atoms with Gasteiger partial charge in [0.05, 0.1) is 16.9 Å². The molecule has 8 nitrogen and oxygen atoms in total. The predicted octanol–water partition coefficient (Wildman–Crippen LogP) is 3.18. The van der Waals surface area contributed by atoms with E-state index in [-0.39, 0.29) is 21.3 Å². The van der Waals surface area contributed by atoms with E-state index in [4.69, 9.17) is 22.1 Å². The Bertz CT molecular complexity index is 1080. The van der Waals surface area contributed by atoms with Crippen molar-refractivity contribution in [2.75, 3.05) is 5.32 Å². The molecular weight excluding hydrogens is 416 g/mol. The minimum Gasteiger partial charge on any atom is -0.449 e. The maximum atomic E-state index is 12.6. The first-order valence-corrected chi connectivity index (χ1v) is 9.75. The molecule has 0 aliphatic carbocycles. The molecule has 0 bridgehead atoms. The van der Waals surface area contributed by atoms with Crippen molar-refractivity contribution in [1.29, 1.82) is 0 Å². The summed E-state index contributed by atoms with van der Waals surface area (Å²) in [4.78, 5) is 36.3. The number of hydrogen-bond acceptors (Lipinski definition) is 6. The van der Waals surface area contributed by atoms with Gasteiger partial charge in [0.1, 0.15) is 15.7 Å². The van der Waals surface area contributed by atoms with Crippen LogP contribution in [0, 0.1) is 6.92 Å². The van der Waals surface area contributed by atoms with Crippen molar-refractivity contribution < 1.29 is 19.1 Å². The number of aryl methyl sites for hydroxylation is 1. The lowest BCUT2D eigenvalue weighted by Gasteiger charge is -2.13. The third-order valence-electron chi connectivity index (χ3n) is 4.03. The van der Waals surface area contributed by atoms with Crippen molar-refractivity contribution >= 4 is 45.7 Å². The molecule has 3 N–H and O–H groups in total. The molecular formula is C19H17ClN4O4S. The Balaban J connectivity index is 1.74. The van der Waals surface area contributed by atoms with Gasteiger partial charge in [-0.1, -0.05) is 29.8 Å². The van der Waals surface area contributed by atoms with Crippen LogP contribution in [0.2, 0.25) is 5.15 Å². The molecule has 0 fully saturated rings. The summed E-state index contributed by atoms with van der Waals surface area (Å²) in [6.07, 6.45) is -1.14. The molecule has 0 aliphatic rings. The molecule has 2 heterocycles. The van der Waals surface area contributed by atoms with Gasteiger partial charge in [0.15, 0.2) is 6.10 Å². The molecule has 0 aliphatic heterocycles. The average molecular weight is 433 g/mol. The van der Waals surface area contributed by atoms with Gasteiger partial charge in [-0.05, 0) is 37.4 Å². The minimum absolute atomic E-state index is 0.0733. The number of thiophene rings is 1. The second kappa shape index (κ2) is 8.46. The first-order valence-electron chi connectivity index (χ1n) is 8.49. The number of nitrogens with zero attached hydrogens (tertiary/aromatic N) is 2. The van der Waals surface area contributed by atoms with Crippen LogP contribution in [-0.4, -0.2) is 33.7 Å². The van der Waals surface area contributed by atoms with Gasteiger partial charge in [0.2, 0.25) is 0 Å². The zero-order valence-corrected chi connectivity index (χ0v) is 17.1. The molecule has 2 amide bonds. The Morgan fingerprint density at radius 1 is 1.24 bits per heavy atom. The highest BCUT2D eigenvalue weighted by Crippen LogP contribution is 2.26. The highest BCUT2D eigenvalue weighted by Gasteiger charge is 2.27. The highest BCUT2D eigenvalue weighted by molar-refractivity contribution is 7.14. The molecule has 0 radical (unpaired) electrons. The van der Waals surface area contributed by atoms with Crippen LogP contribution in [-0.2, 0) is 9.53 Å². The zero-order chi connectivity index (χ0) is 21.1. The number of nitrogens with two attached hydrogens (primary N) is 1. The number of ether oxygens (including phenoxy) is 1. The number of primary amides is 1. The number of carbonyl (C=O) groups excluding carboxylic acids is 3. The van der Waals surface area contributed by atoms with Gasteiger partial charge >= 0.3 is 5.97 Å². The van der Waals surface area contributed by atoms with E-state index in [0.717, 1.165) is 11.3 Å². The fourth-order valence-electron chi connectivity index (χ4n) is 2.56. The molecule has 2 aromatic heterocycles. The van der Waals surface area contributed by atoms with E-state index >= 15 is 0 Å². The zero-order valence-electron chi connectivity index (χ0n) is 15.5. The number of esters is 1. The molecule has 150 valence electrons. The van der Waals surface area contributed by atoms with Crippen LogP contribution in [0.5, 0.6) is 0 Å². The Labute approximate surface area is 175 Å². The molecule has 10 heteroatoms. The lowest BCUT2D eigenvalue weighted by atomic mass is 10.2. The largest absolute Gasteiger partial charge is 0.449 e. The fourth-order valence-corrected chi connectivity index (χ4v) is 3.70. The predicted molar refractivity (Wildman–Crippen MR) is 110 cm³/mol. The first-order chi connectivity index (χ1) is 13.8.